The molecule has 1 aromatic carbocycles. The molecule has 10 nitrogen and oxygen atoms in total. The van der Waals surface area contributed by atoms with Crippen LogP contribution in [0.15, 0.2) is 30.3 Å². The number of hydrogen-bond donors (Lipinski definition) is 3. The topological polar surface area (TPSA) is 134 Å². The lowest BCUT2D eigenvalue weighted by atomic mass is 9.83. The van der Waals surface area contributed by atoms with Gasteiger partial charge in [-0.1, -0.05) is 76.3 Å². The van der Waals surface area contributed by atoms with E-state index in [1.165, 1.54) is 6.92 Å². The summed E-state index contributed by atoms with van der Waals surface area (Å²) in [6.45, 7) is 5.64. The van der Waals surface area contributed by atoms with E-state index < -0.39 is 30.1 Å². The van der Waals surface area contributed by atoms with Gasteiger partial charge in [0.1, 0.15) is 25.2 Å². The standard InChI is InChI=1S/C32H46N4O6/c1-20-18-36(29(21(20)2)30(39)34-26(22(3)37)16-23-14-15-23)31(40)28(25-12-8-5-9-13-25)35-32(41)33-17-27(38)42-19-24-10-6-4-7-11-24/h4,6-7,10-11,20-21,23,25-26,28-29H,5,8-9,12-19H2,1-3H3,(H,34,39)(H2,33,35,41)/t20-,21?,26?,28?,29?/m0/s1. The average Bonchev–Trinajstić information content (AvgIpc) is 3.76. The molecule has 42 heavy (non-hydrogen) atoms. The number of rotatable bonds is 12. The summed E-state index contributed by atoms with van der Waals surface area (Å²) in [4.78, 5) is 66.8. The molecule has 3 N–H and O–H groups in total. The van der Waals surface area contributed by atoms with E-state index >= 15 is 0 Å². The van der Waals surface area contributed by atoms with Crippen molar-refractivity contribution in [1.82, 2.24) is 20.9 Å². The van der Waals surface area contributed by atoms with Crippen LogP contribution >= 0.6 is 0 Å². The van der Waals surface area contributed by atoms with Gasteiger partial charge in [-0.2, -0.15) is 0 Å². The molecule has 1 saturated heterocycles. The minimum Gasteiger partial charge on any atom is -0.460 e. The highest BCUT2D eigenvalue weighted by Crippen LogP contribution is 2.35. The molecular formula is C32H46N4O6. The lowest BCUT2D eigenvalue weighted by molar-refractivity contribution is -0.143. The molecule has 0 aromatic heterocycles. The second-order valence-electron chi connectivity index (χ2n) is 12.5. The molecule has 4 unspecified atom stereocenters. The van der Waals surface area contributed by atoms with E-state index in [0.29, 0.717) is 18.9 Å². The molecule has 0 spiro atoms. The van der Waals surface area contributed by atoms with E-state index in [0.717, 1.165) is 50.5 Å². The molecule has 230 valence electrons. The van der Waals surface area contributed by atoms with Crippen LogP contribution in [-0.4, -0.2) is 65.7 Å². The first-order chi connectivity index (χ1) is 20.1. The summed E-state index contributed by atoms with van der Waals surface area (Å²) in [5.41, 5.74) is 0.841. The van der Waals surface area contributed by atoms with Crippen molar-refractivity contribution in [3.8, 4) is 0 Å². The Hall–Kier alpha value is -3.43. The van der Waals surface area contributed by atoms with Gasteiger partial charge in [-0.15, -0.1) is 0 Å². The summed E-state index contributed by atoms with van der Waals surface area (Å²) in [6, 6.07) is 6.53. The van der Waals surface area contributed by atoms with Gasteiger partial charge < -0.3 is 25.6 Å². The molecule has 1 aliphatic heterocycles. The third-order valence-corrected chi connectivity index (χ3v) is 9.15. The zero-order chi connectivity index (χ0) is 30.2. The molecule has 2 aliphatic carbocycles. The van der Waals surface area contributed by atoms with Crippen LogP contribution in [-0.2, 0) is 30.5 Å². The minimum atomic E-state index is -0.825. The summed E-state index contributed by atoms with van der Waals surface area (Å²) in [7, 11) is 0. The average molecular weight is 583 g/mol. The predicted molar refractivity (Wildman–Crippen MR) is 157 cm³/mol. The Kier molecular flexibility index (Phi) is 11.0. The number of carbonyl (C=O) groups is 5. The van der Waals surface area contributed by atoms with Crippen LogP contribution in [0.4, 0.5) is 4.79 Å². The Balaban J connectivity index is 1.40. The highest BCUT2D eigenvalue weighted by molar-refractivity contribution is 5.95. The molecule has 1 aromatic rings. The van der Waals surface area contributed by atoms with Crippen LogP contribution in [0.3, 0.4) is 0 Å². The van der Waals surface area contributed by atoms with Gasteiger partial charge in [-0.3, -0.25) is 19.2 Å². The summed E-state index contributed by atoms with van der Waals surface area (Å²) >= 11 is 0. The molecule has 3 fully saturated rings. The van der Waals surface area contributed by atoms with Crippen LogP contribution in [0.1, 0.15) is 77.7 Å². The van der Waals surface area contributed by atoms with Gasteiger partial charge in [-0.05, 0) is 55.4 Å². The summed E-state index contributed by atoms with van der Waals surface area (Å²) in [6.07, 6.45) is 7.35. The smallest absolute Gasteiger partial charge is 0.325 e. The Bertz CT molecular complexity index is 1120. The van der Waals surface area contributed by atoms with Crippen LogP contribution < -0.4 is 16.0 Å². The van der Waals surface area contributed by atoms with Crippen molar-refractivity contribution >= 4 is 29.6 Å². The van der Waals surface area contributed by atoms with Crippen molar-refractivity contribution in [2.24, 2.45) is 23.7 Å². The molecule has 4 amide bonds. The molecule has 5 atom stereocenters. The van der Waals surface area contributed by atoms with Gasteiger partial charge in [-0.25, -0.2) is 4.79 Å². The fraction of sp³-hybridized carbons (Fsp3) is 0.656. The first-order valence-electron chi connectivity index (χ1n) is 15.5. The number of esters is 1. The van der Waals surface area contributed by atoms with E-state index in [2.05, 4.69) is 16.0 Å². The number of benzene rings is 1. The second kappa shape index (κ2) is 14.6. The normalized spacial score (nSPS) is 23.9. The number of nitrogens with one attached hydrogen (secondary N) is 3. The molecule has 4 rings (SSSR count). The highest BCUT2D eigenvalue weighted by Gasteiger charge is 2.47. The molecule has 0 bridgehead atoms. The van der Waals surface area contributed by atoms with Crippen molar-refractivity contribution in [1.29, 1.82) is 0 Å². The number of urea groups is 1. The Morgan fingerprint density at radius 1 is 0.952 bits per heavy atom. The molecule has 10 heteroatoms. The van der Waals surface area contributed by atoms with E-state index in [1.54, 1.807) is 4.90 Å². The monoisotopic (exact) mass is 582 g/mol. The molecule has 0 radical (unpaired) electrons. The summed E-state index contributed by atoms with van der Waals surface area (Å²) in [5.74, 6) is -0.905. The maximum atomic E-state index is 14.1. The lowest BCUT2D eigenvalue weighted by Crippen LogP contribution is -2.59. The van der Waals surface area contributed by atoms with Gasteiger partial charge in [0.25, 0.3) is 0 Å². The van der Waals surface area contributed by atoms with E-state index in [4.69, 9.17) is 4.74 Å². The summed E-state index contributed by atoms with van der Waals surface area (Å²) < 4.78 is 5.24. The lowest BCUT2D eigenvalue weighted by Gasteiger charge is -2.35. The van der Waals surface area contributed by atoms with Gasteiger partial charge in [0.05, 0.1) is 6.04 Å². The number of nitrogens with zero attached hydrogens (tertiary/aromatic N) is 1. The molecular weight excluding hydrogens is 536 g/mol. The molecule has 2 saturated carbocycles. The van der Waals surface area contributed by atoms with Gasteiger partial charge in [0.15, 0.2) is 5.78 Å². The maximum absolute atomic E-state index is 14.1. The van der Waals surface area contributed by atoms with Crippen LogP contribution in [0.5, 0.6) is 0 Å². The fourth-order valence-electron chi connectivity index (χ4n) is 6.22. The third kappa shape index (κ3) is 8.55. The van der Waals surface area contributed by atoms with Crippen molar-refractivity contribution in [2.45, 2.75) is 96.9 Å². The third-order valence-electron chi connectivity index (χ3n) is 9.15. The van der Waals surface area contributed by atoms with Crippen molar-refractivity contribution < 1.29 is 28.7 Å². The maximum Gasteiger partial charge on any atom is 0.325 e. The molecule has 1 heterocycles. The van der Waals surface area contributed by atoms with E-state index in [-0.39, 0.29) is 48.5 Å². The minimum absolute atomic E-state index is 0.0724. The zero-order valence-electron chi connectivity index (χ0n) is 25.1. The quantitative estimate of drug-likeness (QED) is 0.324. The number of carbonyl (C=O) groups excluding carboxylic acids is 5. The van der Waals surface area contributed by atoms with Crippen LogP contribution in [0.2, 0.25) is 0 Å². The first kappa shape index (κ1) is 31.5. The Morgan fingerprint density at radius 3 is 2.29 bits per heavy atom. The number of ether oxygens (including phenoxy) is 1. The molecule has 3 aliphatic rings. The summed E-state index contributed by atoms with van der Waals surface area (Å²) in [5, 5.41) is 8.32. The zero-order valence-corrected chi connectivity index (χ0v) is 25.1. The number of ketones is 1. The Labute approximate surface area is 248 Å². The van der Waals surface area contributed by atoms with E-state index in [1.807, 2.05) is 44.2 Å². The number of likely N-dealkylation sites (tertiary alicyclic amines) is 1. The number of amides is 4. The fourth-order valence-corrected chi connectivity index (χ4v) is 6.22. The first-order valence-corrected chi connectivity index (χ1v) is 15.5. The van der Waals surface area contributed by atoms with Crippen LogP contribution in [0.25, 0.3) is 0 Å². The number of hydrogen-bond acceptors (Lipinski definition) is 6. The van der Waals surface area contributed by atoms with Crippen molar-refractivity contribution in [3.05, 3.63) is 35.9 Å². The van der Waals surface area contributed by atoms with Crippen molar-refractivity contribution in [2.75, 3.05) is 13.1 Å². The largest absolute Gasteiger partial charge is 0.460 e. The SMILES string of the molecule is CC(=O)C(CC1CC1)NC(=O)C1C(C)[C@@H](C)CN1C(=O)C(NC(=O)NCC(=O)OCc1ccccc1)C1CCCCC1. The van der Waals surface area contributed by atoms with E-state index in [9.17, 15) is 24.0 Å². The Morgan fingerprint density at radius 2 is 1.64 bits per heavy atom. The van der Waals surface area contributed by atoms with Gasteiger partial charge in [0.2, 0.25) is 11.8 Å². The number of Topliss-reactive ketones (excluding diaryl/α,β-unsaturated/α-hetero) is 1. The highest BCUT2D eigenvalue weighted by atomic mass is 16.5. The van der Waals surface area contributed by atoms with Crippen molar-refractivity contribution in [3.63, 3.8) is 0 Å². The second-order valence-corrected chi connectivity index (χ2v) is 12.5. The van der Waals surface area contributed by atoms with Gasteiger partial charge in [0, 0.05) is 6.54 Å². The van der Waals surface area contributed by atoms with Gasteiger partial charge >= 0.3 is 12.0 Å². The predicted octanol–water partition coefficient (Wildman–Crippen LogP) is 3.33. The van der Waals surface area contributed by atoms with Crippen LogP contribution in [0, 0.1) is 23.7 Å².